The Kier molecular flexibility index (Phi) is 5.07. The maximum atomic E-state index is 13.0. The standard InChI is InChI=1S/C21H26N2O2/c1-3-12-22-20(25)21(2)11-6-13-23(15-21)19(24)18-10-9-16-7-4-5-8-17(16)14-18/h4-5,7-10,14H,3,6,11-13,15H2,1-2H3,(H,22,25). The Morgan fingerprint density at radius 3 is 2.68 bits per heavy atom. The Labute approximate surface area is 149 Å². The van der Waals surface area contributed by atoms with Crippen LogP contribution in [0.3, 0.4) is 0 Å². The molecule has 0 aliphatic carbocycles. The first kappa shape index (κ1) is 17.5. The largest absolute Gasteiger partial charge is 0.356 e. The van der Waals surface area contributed by atoms with E-state index in [4.69, 9.17) is 0 Å². The summed E-state index contributed by atoms with van der Waals surface area (Å²) in [6, 6.07) is 13.8. The van der Waals surface area contributed by atoms with Gasteiger partial charge in [0.05, 0.1) is 5.41 Å². The SMILES string of the molecule is CCCNC(=O)C1(C)CCCN(C(=O)c2ccc3ccccc3c2)C1. The average molecular weight is 338 g/mol. The van der Waals surface area contributed by atoms with Gasteiger partial charge in [-0.25, -0.2) is 0 Å². The van der Waals surface area contributed by atoms with E-state index in [1.165, 1.54) is 0 Å². The molecule has 2 aromatic carbocycles. The van der Waals surface area contributed by atoms with Crippen molar-refractivity contribution in [2.24, 2.45) is 5.41 Å². The van der Waals surface area contributed by atoms with Gasteiger partial charge < -0.3 is 10.2 Å². The highest BCUT2D eigenvalue weighted by Gasteiger charge is 2.39. The van der Waals surface area contributed by atoms with Crippen molar-refractivity contribution < 1.29 is 9.59 Å². The Morgan fingerprint density at radius 1 is 1.16 bits per heavy atom. The minimum Gasteiger partial charge on any atom is -0.356 e. The third-order valence-electron chi connectivity index (χ3n) is 5.06. The number of carbonyl (C=O) groups is 2. The minimum absolute atomic E-state index is 0.0139. The lowest BCUT2D eigenvalue weighted by Crippen LogP contribution is -2.52. The molecule has 0 aromatic heterocycles. The van der Waals surface area contributed by atoms with Crippen LogP contribution in [0.15, 0.2) is 42.5 Å². The monoisotopic (exact) mass is 338 g/mol. The number of likely N-dealkylation sites (tertiary alicyclic amines) is 1. The zero-order valence-electron chi connectivity index (χ0n) is 15.0. The van der Waals surface area contributed by atoms with E-state index in [-0.39, 0.29) is 11.8 Å². The van der Waals surface area contributed by atoms with Gasteiger partial charge in [-0.1, -0.05) is 37.3 Å². The fourth-order valence-corrected chi connectivity index (χ4v) is 3.55. The molecule has 1 atom stereocenters. The third kappa shape index (κ3) is 3.68. The van der Waals surface area contributed by atoms with E-state index in [1.807, 2.05) is 61.2 Å². The summed E-state index contributed by atoms with van der Waals surface area (Å²) in [6.07, 6.45) is 2.60. The molecule has 25 heavy (non-hydrogen) atoms. The lowest BCUT2D eigenvalue weighted by Gasteiger charge is -2.39. The maximum absolute atomic E-state index is 13.0. The van der Waals surface area contributed by atoms with Crippen LogP contribution >= 0.6 is 0 Å². The number of nitrogens with zero attached hydrogens (tertiary/aromatic N) is 1. The van der Waals surface area contributed by atoms with Gasteiger partial charge in [-0.2, -0.15) is 0 Å². The van der Waals surface area contributed by atoms with Crippen LogP contribution in [-0.4, -0.2) is 36.3 Å². The third-order valence-corrected chi connectivity index (χ3v) is 5.06. The van der Waals surface area contributed by atoms with Gasteiger partial charge in [0, 0.05) is 25.2 Å². The summed E-state index contributed by atoms with van der Waals surface area (Å²) in [5.41, 5.74) is 0.192. The van der Waals surface area contributed by atoms with Crippen molar-refractivity contribution in [1.82, 2.24) is 10.2 Å². The summed E-state index contributed by atoms with van der Waals surface area (Å²) < 4.78 is 0. The van der Waals surface area contributed by atoms with E-state index in [0.717, 1.165) is 30.0 Å². The van der Waals surface area contributed by atoms with Gasteiger partial charge in [-0.3, -0.25) is 9.59 Å². The molecule has 2 amide bonds. The van der Waals surface area contributed by atoms with Crippen molar-refractivity contribution in [2.75, 3.05) is 19.6 Å². The van der Waals surface area contributed by atoms with Crippen molar-refractivity contribution >= 4 is 22.6 Å². The van der Waals surface area contributed by atoms with Crippen molar-refractivity contribution in [3.8, 4) is 0 Å². The molecule has 1 aliphatic rings. The average Bonchev–Trinajstić information content (AvgIpc) is 2.65. The highest BCUT2D eigenvalue weighted by atomic mass is 16.2. The zero-order chi connectivity index (χ0) is 17.9. The zero-order valence-corrected chi connectivity index (χ0v) is 15.0. The number of nitrogens with one attached hydrogen (secondary N) is 1. The predicted octanol–water partition coefficient (Wildman–Crippen LogP) is 3.61. The summed E-state index contributed by atoms with van der Waals surface area (Å²) in [5, 5.41) is 5.18. The number of fused-ring (bicyclic) bond motifs is 1. The fourth-order valence-electron chi connectivity index (χ4n) is 3.55. The minimum atomic E-state index is -0.500. The van der Waals surface area contributed by atoms with E-state index in [1.54, 1.807) is 0 Å². The van der Waals surface area contributed by atoms with Crippen molar-refractivity contribution in [1.29, 1.82) is 0 Å². The molecule has 0 radical (unpaired) electrons. The highest BCUT2D eigenvalue weighted by Crippen LogP contribution is 2.31. The molecule has 1 aliphatic heterocycles. The molecular formula is C21H26N2O2. The predicted molar refractivity (Wildman–Crippen MR) is 100 cm³/mol. The molecule has 1 N–H and O–H groups in total. The van der Waals surface area contributed by atoms with Gasteiger partial charge in [0.2, 0.25) is 5.91 Å². The maximum Gasteiger partial charge on any atom is 0.253 e. The van der Waals surface area contributed by atoms with Gasteiger partial charge in [-0.05, 0) is 49.1 Å². The second-order valence-electron chi connectivity index (χ2n) is 7.21. The first-order chi connectivity index (χ1) is 12.0. The summed E-state index contributed by atoms with van der Waals surface area (Å²) in [4.78, 5) is 27.3. The smallest absolute Gasteiger partial charge is 0.253 e. The van der Waals surface area contributed by atoms with Gasteiger partial charge in [-0.15, -0.1) is 0 Å². The second kappa shape index (κ2) is 7.26. The Bertz CT molecular complexity index is 786. The van der Waals surface area contributed by atoms with Gasteiger partial charge in [0.15, 0.2) is 0 Å². The normalized spacial score (nSPS) is 20.5. The van der Waals surface area contributed by atoms with E-state index in [2.05, 4.69) is 5.32 Å². The van der Waals surface area contributed by atoms with Crippen LogP contribution in [-0.2, 0) is 4.79 Å². The number of carbonyl (C=O) groups excluding carboxylic acids is 2. The van der Waals surface area contributed by atoms with Crippen LogP contribution in [0.25, 0.3) is 10.8 Å². The van der Waals surface area contributed by atoms with Crippen molar-refractivity contribution in [2.45, 2.75) is 33.1 Å². The topological polar surface area (TPSA) is 49.4 Å². The number of amides is 2. The molecule has 1 fully saturated rings. The van der Waals surface area contributed by atoms with Crippen LogP contribution in [0.4, 0.5) is 0 Å². The first-order valence-electron chi connectivity index (χ1n) is 9.10. The summed E-state index contributed by atoms with van der Waals surface area (Å²) in [7, 11) is 0. The molecular weight excluding hydrogens is 312 g/mol. The van der Waals surface area contributed by atoms with Gasteiger partial charge in [0.1, 0.15) is 0 Å². The molecule has 3 rings (SSSR count). The molecule has 4 heteroatoms. The van der Waals surface area contributed by atoms with Crippen LogP contribution in [0, 0.1) is 5.41 Å². The van der Waals surface area contributed by atoms with Crippen LogP contribution < -0.4 is 5.32 Å². The van der Waals surface area contributed by atoms with Crippen LogP contribution in [0.2, 0.25) is 0 Å². The summed E-state index contributed by atoms with van der Waals surface area (Å²) in [6.45, 7) is 5.89. The quantitative estimate of drug-likeness (QED) is 0.926. The molecule has 1 saturated heterocycles. The van der Waals surface area contributed by atoms with E-state index >= 15 is 0 Å². The molecule has 0 saturated carbocycles. The van der Waals surface area contributed by atoms with Crippen molar-refractivity contribution in [3.05, 3.63) is 48.0 Å². The lowest BCUT2D eigenvalue weighted by molar-refractivity contribution is -0.132. The molecule has 0 spiro atoms. The van der Waals surface area contributed by atoms with E-state index < -0.39 is 5.41 Å². The Morgan fingerprint density at radius 2 is 1.92 bits per heavy atom. The Hall–Kier alpha value is -2.36. The molecule has 4 nitrogen and oxygen atoms in total. The lowest BCUT2D eigenvalue weighted by atomic mass is 9.80. The molecule has 2 aromatic rings. The number of rotatable bonds is 4. The Balaban J connectivity index is 1.77. The second-order valence-corrected chi connectivity index (χ2v) is 7.21. The molecule has 1 unspecified atom stereocenters. The fraction of sp³-hybridized carbons (Fsp3) is 0.429. The van der Waals surface area contributed by atoms with Crippen LogP contribution in [0.5, 0.6) is 0 Å². The number of benzene rings is 2. The number of piperidine rings is 1. The van der Waals surface area contributed by atoms with Crippen LogP contribution in [0.1, 0.15) is 43.5 Å². The van der Waals surface area contributed by atoms with Gasteiger partial charge in [0.25, 0.3) is 5.91 Å². The highest BCUT2D eigenvalue weighted by molar-refractivity contribution is 5.99. The summed E-state index contributed by atoms with van der Waals surface area (Å²) >= 11 is 0. The summed E-state index contributed by atoms with van der Waals surface area (Å²) in [5.74, 6) is 0.0744. The number of hydrogen-bond donors (Lipinski definition) is 1. The van der Waals surface area contributed by atoms with E-state index in [9.17, 15) is 9.59 Å². The van der Waals surface area contributed by atoms with E-state index in [0.29, 0.717) is 25.2 Å². The van der Waals surface area contributed by atoms with Crippen molar-refractivity contribution in [3.63, 3.8) is 0 Å². The van der Waals surface area contributed by atoms with Gasteiger partial charge >= 0.3 is 0 Å². The first-order valence-corrected chi connectivity index (χ1v) is 9.10. The number of hydrogen-bond acceptors (Lipinski definition) is 2. The molecule has 0 bridgehead atoms. The molecule has 132 valence electrons. The molecule has 1 heterocycles.